The summed E-state index contributed by atoms with van der Waals surface area (Å²) in [6.07, 6.45) is 6.34. The second kappa shape index (κ2) is 5.58. The predicted octanol–water partition coefficient (Wildman–Crippen LogP) is 1.66. The lowest BCUT2D eigenvalue weighted by Crippen LogP contribution is -2.11. The zero-order chi connectivity index (χ0) is 13.9. The predicted molar refractivity (Wildman–Crippen MR) is 75.5 cm³/mol. The third-order valence-electron chi connectivity index (χ3n) is 3.49. The minimum absolute atomic E-state index is 0.380. The molecule has 6 heteroatoms. The average molecular weight is 273 g/mol. The van der Waals surface area contributed by atoms with Crippen LogP contribution in [0.1, 0.15) is 37.0 Å². The van der Waals surface area contributed by atoms with Gasteiger partial charge in [-0.15, -0.1) is 0 Å². The van der Waals surface area contributed by atoms with Crippen LogP contribution in [0, 0.1) is 0 Å². The van der Waals surface area contributed by atoms with Crippen LogP contribution in [-0.2, 0) is 24.2 Å². The van der Waals surface area contributed by atoms with Gasteiger partial charge >= 0.3 is 0 Å². The number of hydrogen-bond acceptors (Lipinski definition) is 5. The van der Waals surface area contributed by atoms with Crippen molar-refractivity contribution in [3.8, 4) is 5.82 Å². The number of rotatable bonds is 4. The van der Waals surface area contributed by atoms with E-state index in [9.17, 15) is 0 Å². The topological polar surface area (TPSA) is 78.9 Å². The third-order valence-corrected chi connectivity index (χ3v) is 3.49. The Hall–Kier alpha value is -1.95. The highest BCUT2D eigenvalue weighted by Gasteiger charge is 2.17. The second-order valence-corrected chi connectivity index (χ2v) is 4.92. The number of aromatic nitrogens is 4. The molecule has 0 saturated heterocycles. The molecule has 106 valence electrons. The van der Waals surface area contributed by atoms with Gasteiger partial charge < -0.3 is 10.5 Å². The van der Waals surface area contributed by atoms with Crippen molar-refractivity contribution < 1.29 is 4.74 Å². The number of anilines is 1. The lowest BCUT2D eigenvalue weighted by atomic mass is 10.0. The minimum atomic E-state index is 0.380. The van der Waals surface area contributed by atoms with Crippen molar-refractivity contribution in [3.05, 3.63) is 29.6 Å². The summed E-state index contributed by atoms with van der Waals surface area (Å²) < 4.78 is 7.38. The van der Waals surface area contributed by atoms with Gasteiger partial charge in [-0.2, -0.15) is 0 Å². The number of hydrogen-bond donors (Lipinski definition) is 1. The van der Waals surface area contributed by atoms with E-state index in [-0.39, 0.29) is 0 Å². The lowest BCUT2D eigenvalue weighted by molar-refractivity contribution is 0.128. The number of imidazole rings is 1. The summed E-state index contributed by atoms with van der Waals surface area (Å²) in [5, 5.41) is 0. The van der Waals surface area contributed by atoms with Crippen molar-refractivity contribution in [3.63, 3.8) is 0 Å². The number of nitrogens with two attached hydrogens (primary N) is 1. The molecule has 0 spiro atoms. The number of nitrogen functional groups attached to an aromatic ring is 1. The highest BCUT2D eigenvalue weighted by atomic mass is 16.5. The van der Waals surface area contributed by atoms with Gasteiger partial charge in [0.15, 0.2) is 5.82 Å². The highest BCUT2D eigenvalue weighted by Crippen LogP contribution is 2.22. The van der Waals surface area contributed by atoms with Gasteiger partial charge in [0.1, 0.15) is 24.6 Å². The molecule has 2 N–H and O–H groups in total. The van der Waals surface area contributed by atoms with Crippen molar-refractivity contribution in [2.45, 2.75) is 39.2 Å². The summed E-state index contributed by atoms with van der Waals surface area (Å²) in [7, 11) is 0. The van der Waals surface area contributed by atoms with Gasteiger partial charge in [0.25, 0.3) is 0 Å². The van der Waals surface area contributed by atoms with Gasteiger partial charge in [-0.3, -0.25) is 4.57 Å². The van der Waals surface area contributed by atoms with E-state index in [0.717, 1.165) is 18.7 Å². The molecule has 0 amide bonds. The Morgan fingerprint density at radius 2 is 2.15 bits per heavy atom. The van der Waals surface area contributed by atoms with Gasteiger partial charge in [-0.1, -0.05) is 0 Å². The van der Waals surface area contributed by atoms with E-state index in [4.69, 9.17) is 10.5 Å². The molecular formula is C14H19N5O. The Labute approximate surface area is 118 Å². The lowest BCUT2D eigenvalue weighted by Gasteiger charge is -2.14. The molecule has 0 unspecified atom stereocenters. The minimum Gasteiger partial charge on any atom is -0.384 e. The summed E-state index contributed by atoms with van der Waals surface area (Å²) in [5.41, 5.74) is 8.30. The number of fused-ring (bicyclic) bond motifs is 1. The molecule has 3 rings (SSSR count). The average Bonchev–Trinajstić information content (AvgIpc) is 2.88. The molecule has 0 aromatic carbocycles. The molecule has 0 radical (unpaired) electrons. The largest absolute Gasteiger partial charge is 0.384 e. The van der Waals surface area contributed by atoms with Crippen LogP contribution in [0.3, 0.4) is 0 Å². The monoisotopic (exact) mass is 273 g/mol. The first-order valence-electron chi connectivity index (χ1n) is 7.04. The first-order valence-corrected chi connectivity index (χ1v) is 7.04. The van der Waals surface area contributed by atoms with Crippen LogP contribution in [0.4, 0.5) is 5.82 Å². The summed E-state index contributed by atoms with van der Waals surface area (Å²) in [6.45, 7) is 2.96. The smallest absolute Gasteiger partial charge is 0.158 e. The fourth-order valence-corrected chi connectivity index (χ4v) is 2.55. The summed E-state index contributed by atoms with van der Waals surface area (Å²) >= 11 is 0. The van der Waals surface area contributed by atoms with Crippen molar-refractivity contribution in [2.24, 2.45) is 0 Å². The van der Waals surface area contributed by atoms with Crippen LogP contribution < -0.4 is 5.73 Å². The first kappa shape index (κ1) is 13.1. The van der Waals surface area contributed by atoms with Crippen molar-refractivity contribution in [1.82, 2.24) is 19.5 Å². The Bertz CT molecular complexity index is 608. The molecular weight excluding hydrogens is 254 g/mol. The van der Waals surface area contributed by atoms with Crippen LogP contribution in [0.15, 0.2) is 12.4 Å². The fourth-order valence-electron chi connectivity index (χ4n) is 2.55. The molecule has 2 aromatic rings. The Morgan fingerprint density at radius 3 is 3.00 bits per heavy atom. The van der Waals surface area contributed by atoms with E-state index in [0.29, 0.717) is 24.9 Å². The van der Waals surface area contributed by atoms with Crippen LogP contribution in [0.25, 0.3) is 5.82 Å². The SMILES string of the molecule is CCOCc1nc(N)cc(-n2cnc3c2CCCC3)n1. The molecule has 6 nitrogen and oxygen atoms in total. The van der Waals surface area contributed by atoms with Gasteiger partial charge in [-0.05, 0) is 32.6 Å². The van der Waals surface area contributed by atoms with E-state index in [1.807, 2.05) is 17.8 Å². The fraction of sp³-hybridized carbons (Fsp3) is 0.500. The van der Waals surface area contributed by atoms with E-state index < -0.39 is 0 Å². The van der Waals surface area contributed by atoms with E-state index in [1.54, 1.807) is 6.07 Å². The van der Waals surface area contributed by atoms with Crippen LogP contribution in [-0.4, -0.2) is 26.1 Å². The number of aryl methyl sites for hydroxylation is 1. The van der Waals surface area contributed by atoms with Crippen molar-refractivity contribution in [1.29, 1.82) is 0 Å². The van der Waals surface area contributed by atoms with Crippen molar-refractivity contribution >= 4 is 5.82 Å². The van der Waals surface area contributed by atoms with Crippen LogP contribution in [0.2, 0.25) is 0 Å². The zero-order valence-electron chi connectivity index (χ0n) is 11.7. The van der Waals surface area contributed by atoms with Crippen LogP contribution in [0.5, 0.6) is 0 Å². The van der Waals surface area contributed by atoms with Crippen LogP contribution >= 0.6 is 0 Å². The van der Waals surface area contributed by atoms with Gasteiger partial charge in [0, 0.05) is 18.4 Å². The second-order valence-electron chi connectivity index (χ2n) is 4.92. The molecule has 1 aliphatic rings. The highest BCUT2D eigenvalue weighted by molar-refractivity contribution is 5.39. The number of ether oxygens (including phenoxy) is 1. The molecule has 2 aromatic heterocycles. The molecule has 0 saturated carbocycles. The summed E-state index contributed by atoms with van der Waals surface area (Å²) in [6, 6.07) is 1.78. The van der Waals surface area contributed by atoms with Gasteiger partial charge in [0.05, 0.1) is 5.69 Å². The third kappa shape index (κ3) is 2.51. The van der Waals surface area contributed by atoms with Gasteiger partial charge in [0.2, 0.25) is 0 Å². The summed E-state index contributed by atoms with van der Waals surface area (Å²) in [4.78, 5) is 13.2. The Balaban J connectivity index is 1.97. The zero-order valence-corrected chi connectivity index (χ0v) is 11.7. The van der Waals surface area contributed by atoms with Gasteiger partial charge in [-0.25, -0.2) is 15.0 Å². The quantitative estimate of drug-likeness (QED) is 0.916. The molecule has 20 heavy (non-hydrogen) atoms. The number of nitrogens with zero attached hydrogens (tertiary/aromatic N) is 4. The van der Waals surface area contributed by atoms with Crippen molar-refractivity contribution in [2.75, 3.05) is 12.3 Å². The van der Waals surface area contributed by atoms with E-state index in [1.165, 1.54) is 24.2 Å². The Kier molecular flexibility index (Phi) is 3.64. The van der Waals surface area contributed by atoms with E-state index >= 15 is 0 Å². The molecule has 2 heterocycles. The normalized spacial score (nSPS) is 14.2. The maximum absolute atomic E-state index is 5.87. The maximum Gasteiger partial charge on any atom is 0.158 e. The molecule has 0 atom stereocenters. The first-order chi connectivity index (χ1) is 9.78. The summed E-state index contributed by atoms with van der Waals surface area (Å²) in [5.74, 6) is 1.85. The van der Waals surface area contributed by atoms with E-state index in [2.05, 4.69) is 15.0 Å². The standard InChI is InChI=1S/C14H19N5O/c1-2-20-8-13-17-12(15)7-14(18-13)19-9-16-10-5-3-4-6-11(10)19/h7,9H,2-6,8H2,1H3,(H2,15,17,18). The Morgan fingerprint density at radius 1 is 1.30 bits per heavy atom. The molecule has 0 fully saturated rings. The molecule has 0 bridgehead atoms. The molecule has 0 aliphatic heterocycles. The maximum atomic E-state index is 5.87. The molecule has 1 aliphatic carbocycles.